The number of benzene rings is 2. The molecule has 0 atom stereocenters. The number of para-hydroxylation sites is 2. The lowest BCUT2D eigenvalue weighted by Gasteiger charge is -2.15. The first kappa shape index (κ1) is 19.6. The number of rotatable bonds is 10. The van der Waals surface area contributed by atoms with Crippen LogP contribution in [0.4, 0.5) is 11.4 Å². The Morgan fingerprint density at radius 2 is 1.92 bits per heavy atom. The van der Waals surface area contributed by atoms with E-state index in [2.05, 4.69) is 17.6 Å². The van der Waals surface area contributed by atoms with Crippen LogP contribution in [-0.4, -0.2) is 25.2 Å². The van der Waals surface area contributed by atoms with Gasteiger partial charge in [-0.15, -0.1) is 0 Å². The molecule has 1 amide bonds. The van der Waals surface area contributed by atoms with E-state index in [0.29, 0.717) is 18.0 Å². The van der Waals surface area contributed by atoms with E-state index in [9.17, 15) is 4.79 Å². The predicted octanol–water partition coefficient (Wildman–Crippen LogP) is 4.70. The van der Waals surface area contributed by atoms with Gasteiger partial charge in [-0.2, -0.15) is 0 Å². The lowest BCUT2D eigenvalue weighted by molar-refractivity contribution is -0.114. The lowest BCUT2D eigenvalue weighted by Crippen LogP contribution is -2.22. The fraction of sp³-hybridized carbons (Fsp3) is 0.381. The number of anilines is 2. The summed E-state index contributed by atoms with van der Waals surface area (Å²) in [6.45, 7) is 6.90. The van der Waals surface area contributed by atoms with Gasteiger partial charge in [-0.3, -0.25) is 4.79 Å². The van der Waals surface area contributed by atoms with Crippen molar-refractivity contribution in [2.45, 2.75) is 39.7 Å². The first-order valence-corrected chi connectivity index (χ1v) is 9.10. The van der Waals surface area contributed by atoms with Crippen molar-refractivity contribution in [2.75, 3.05) is 23.8 Å². The van der Waals surface area contributed by atoms with Crippen LogP contribution in [0.3, 0.4) is 0 Å². The van der Waals surface area contributed by atoms with Crippen LogP contribution in [-0.2, 0) is 4.79 Å². The molecule has 0 aromatic heterocycles. The molecule has 26 heavy (non-hydrogen) atoms. The van der Waals surface area contributed by atoms with Crippen molar-refractivity contribution in [2.24, 2.45) is 0 Å². The molecule has 2 rings (SSSR count). The standard InChI is InChI=1S/C21H28N2O3/c1-4-5-13-25-18-10-8-9-17(14-18)22-15-21(24)23-19-11-6-7-12-20(19)26-16(2)3/h6-12,14,16,22H,4-5,13,15H2,1-3H3,(H,23,24). The number of hydrogen-bond acceptors (Lipinski definition) is 4. The van der Waals surface area contributed by atoms with Crippen LogP contribution in [0.25, 0.3) is 0 Å². The van der Waals surface area contributed by atoms with E-state index >= 15 is 0 Å². The molecular formula is C21H28N2O3. The van der Waals surface area contributed by atoms with Gasteiger partial charge in [-0.1, -0.05) is 31.5 Å². The number of carbonyl (C=O) groups is 1. The second kappa shape index (κ2) is 10.3. The summed E-state index contributed by atoms with van der Waals surface area (Å²) in [5.74, 6) is 1.34. The summed E-state index contributed by atoms with van der Waals surface area (Å²) >= 11 is 0. The summed E-state index contributed by atoms with van der Waals surface area (Å²) in [5.41, 5.74) is 1.52. The van der Waals surface area contributed by atoms with Crippen LogP contribution in [0.2, 0.25) is 0 Å². The third-order valence-electron chi connectivity index (χ3n) is 3.58. The van der Waals surface area contributed by atoms with E-state index in [1.165, 1.54) is 0 Å². The van der Waals surface area contributed by atoms with Crippen molar-refractivity contribution in [3.8, 4) is 11.5 Å². The van der Waals surface area contributed by atoms with Crippen molar-refractivity contribution in [1.82, 2.24) is 0 Å². The first-order valence-electron chi connectivity index (χ1n) is 9.10. The Labute approximate surface area is 155 Å². The van der Waals surface area contributed by atoms with Crippen molar-refractivity contribution in [1.29, 1.82) is 0 Å². The maximum absolute atomic E-state index is 12.3. The van der Waals surface area contributed by atoms with Gasteiger partial charge in [0, 0.05) is 11.8 Å². The van der Waals surface area contributed by atoms with Gasteiger partial charge >= 0.3 is 0 Å². The number of hydrogen-bond donors (Lipinski definition) is 2. The van der Waals surface area contributed by atoms with Gasteiger partial charge in [-0.25, -0.2) is 0 Å². The van der Waals surface area contributed by atoms with E-state index in [-0.39, 0.29) is 18.6 Å². The molecular weight excluding hydrogens is 328 g/mol. The number of unbranched alkanes of at least 4 members (excludes halogenated alkanes) is 1. The summed E-state index contributed by atoms with van der Waals surface area (Å²) in [6, 6.07) is 15.1. The molecule has 0 radical (unpaired) electrons. The summed E-state index contributed by atoms with van der Waals surface area (Å²) in [5, 5.41) is 6.01. The zero-order valence-electron chi connectivity index (χ0n) is 15.7. The SMILES string of the molecule is CCCCOc1cccc(NCC(=O)Nc2ccccc2OC(C)C)c1. The third-order valence-corrected chi connectivity index (χ3v) is 3.58. The molecule has 0 bridgehead atoms. The quantitative estimate of drug-likeness (QED) is 0.606. The highest BCUT2D eigenvalue weighted by atomic mass is 16.5. The van der Waals surface area contributed by atoms with E-state index in [0.717, 1.165) is 24.3 Å². The molecule has 0 aliphatic heterocycles. The monoisotopic (exact) mass is 356 g/mol. The summed E-state index contributed by atoms with van der Waals surface area (Å²) in [6.07, 6.45) is 2.17. The lowest BCUT2D eigenvalue weighted by atomic mass is 10.2. The number of amides is 1. The van der Waals surface area contributed by atoms with E-state index < -0.39 is 0 Å². The Morgan fingerprint density at radius 1 is 1.12 bits per heavy atom. The van der Waals surface area contributed by atoms with Crippen LogP contribution in [0.5, 0.6) is 11.5 Å². The fourth-order valence-corrected chi connectivity index (χ4v) is 2.33. The van der Waals surface area contributed by atoms with Crippen LogP contribution < -0.4 is 20.1 Å². The average Bonchev–Trinajstić information content (AvgIpc) is 2.62. The Hall–Kier alpha value is -2.69. The highest BCUT2D eigenvalue weighted by Crippen LogP contribution is 2.25. The number of carbonyl (C=O) groups excluding carboxylic acids is 1. The summed E-state index contributed by atoms with van der Waals surface area (Å²) in [4.78, 5) is 12.3. The molecule has 0 aliphatic carbocycles. The molecule has 5 heteroatoms. The normalized spacial score (nSPS) is 10.5. The van der Waals surface area contributed by atoms with Gasteiger partial charge in [0.1, 0.15) is 11.5 Å². The van der Waals surface area contributed by atoms with E-state index in [4.69, 9.17) is 9.47 Å². The molecule has 0 aliphatic rings. The molecule has 0 unspecified atom stereocenters. The zero-order valence-corrected chi connectivity index (χ0v) is 15.7. The van der Waals surface area contributed by atoms with Gasteiger partial charge in [-0.05, 0) is 44.5 Å². The fourth-order valence-electron chi connectivity index (χ4n) is 2.33. The van der Waals surface area contributed by atoms with Crippen molar-refractivity contribution < 1.29 is 14.3 Å². The Bertz CT molecular complexity index is 701. The molecule has 2 aromatic rings. The van der Waals surface area contributed by atoms with Gasteiger partial charge in [0.15, 0.2) is 0 Å². The predicted molar refractivity (Wildman–Crippen MR) is 106 cm³/mol. The molecule has 0 heterocycles. The van der Waals surface area contributed by atoms with Crippen LogP contribution in [0.15, 0.2) is 48.5 Å². The Morgan fingerprint density at radius 3 is 2.69 bits per heavy atom. The van der Waals surface area contributed by atoms with Gasteiger partial charge < -0.3 is 20.1 Å². The van der Waals surface area contributed by atoms with Crippen molar-refractivity contribution in [3.05, 3.63) is 48.5 Å². The molecule has 2 N–H and O–H groups in total. The topological polar surface area (TPSA) is 59.6 Å². The van der Waals surface area contributed by atoms with Gasteiger partial charge in [0.2, 0.25) is 5.91 Å². The second-order valence-electron chi connectivity index (χ2n) is 6.29. The van der Waals surface area contributed by atoms with Gasteiger partial charge in [0.05, 0.1) is 24.9 Å². The minimum absolute atomic E-state index is 0.0432. The molecule has 0 fully saturated rings. The molecule has 0 spiro atoms. The smallest absolute Gasteiger partial charge is 0.243 e. The Kier molecular flexibility index (Phi) is 7.80. The molecule has 140 valence electrons. The van der Waals surface area contributed by atoms with Crippen LogP contribution in [0, 0.1) is 0 Å². The summed E-state index contributed by atoms with van der Waals surface area (Å²) in [7, 11) is 0. The highest BCUT2D eigenvalue weighted by molar-refractivity contribution is 5.95. The molecule has 0 saturated carbocycles. The van der Waals surface area contributed by atoms with E-state index in [1.807, 2.05) is 62.4 Å². The zero-order chi connectivity index (χ0) is 18.8. The van der Waals surface area contributed by atoms with Crippen molar-refractivity contribution in [3.63, 3.8) is 0 Å². The minimum atomic E-state index is -0.137. The van der Waals surface area contributed by atoms with Crippen molar-refractivity contribution >= 4 is 17.3 Å². The second-order valence-corrected chi connectivity index (χ2v) is 6.29. The van der Waals surface area contributed by atoms with Gasteiger partial charge in [0.25, 0.3) is 0 Å². The third kappa shape index (κ3) is 6.67. The molecule has 2 aromatic carbocycles. The van der Waals surface area contributed by atoms with E-state index in [1.54, 1.807) is 0 Å². The summed E-state index contributed by atoms with van der Waals surface area (Å²) < 4.78 is 11.4. The average molecular weight is 356 g/mol. The van der Waals surface area contributed by atoms with Crippen LogP contribution in [0.1, 0.15) is 33.6 Å². The minimum Gasteiger partial charge on any atom is -0.494 e. The van der Waals surface area contributed by atoms with Crippen LogP contribution >= 0.6 is 0 Å². The molecule has 0 saturated heterocycles. The first-order chi connectivity index (χ1) is 12.6. The largest absolute Gasteiger partial charge is 0.494 e. The Balaban J connectivity index is 1.88. The highest BCUT2D eigenvalue weighted by Gasteiger charge is 2.09. The molecule has 5 nitrogen and oxygen atoms in total. The number of nitrogens with one attached hydrogen (secondary N) is 2. The number of ether oxygens (including phenoxy) is 2. The maximum Gasteiger partial charge on any atom is 0.243 e. The maximum atomic E-state index is 12.3.